The minimum Gasteiger partial charge on any atom is -0.493 e. The van der Waals surface area contributed by atoms with Crippen molar-refractivity contribution in [3.05, 3.63) is 58.7 Å². The smallest absolute Gasteiger partial charge is 0.305 e. The van der Waals surface area contributed by atoms with Crippen LogP contribution in [0.1, 0.15) is 46.4 Å². The fourth-order valence-corrected chi connectivity index (χ4v) is 3.85. The summed E-state index contributed by atoms with van der Waals surface area (Å²) in [5.74, 6) is 0.0460. The van der Waals surface area contributed by atoms with Crippen molar-refractivity contribution in [2.75, 3.05) is 20.8 Å². The van der Waals surface area contributed by atoms with Crippen LogP contribution in [0, 0.1) is 0 Å². The van der Waals surface area contributed by atoms with Gasteiger partial charge < -0.3 is 19.5 Å². The molecule has 1 N–H and O–H groups in total. The third-order valence-electron chi connectivity index (χ3n) is 5.26. The van der Waals surface area contributed by atoms with Gasteiger partial charge >= 0.3 is 5.97 Å². The summed E-state index contributed by atoms with van der Waals surface area (Å²) in [6.07, 6.45) is 1.20. The van der Waals surface area contributed by atoms with E-state index >= 15 is 0 Å². The molecule has 0 radical (unpaired) electrons. The molecule has 0 bridgehead atoms. The van der Waals surface area contributed by atoms with Crippen LogP contribution < -0.4 is 9.47 Å². The van der Waals surface area contributed by atoms with Gasteiger partial charge in [-0.15, -0.1) is 0 Å². The van der Waals surface area contributed by atoms with Crippen molar-refractivity contribution >= 4 is 11.9 Å². The molecule has 0 aliphatic carbocycles. The van der Waals surface area contributed by atoms with Gasteiger partial charge in [-0.05, 0) is 47.7 Å². The summed E-state index contributed by atoms with van der Waals surface area (Å²) < 4.78 is 10.8. The van der Waals surface area contributed by atoms with Crippen LogP contribution in [0.25, 0.3) is 0 Å². The van der Waals surface area contributed by atoms with E-state index in [0.29, 0.717) is 30.0 Å². The molecule has 1 aliphatic heterocycles. The minimum atomic E-state index is -0.950. The summed E-state index contributed by atoms with van der Waals surface area (Å²) in [7, 11) is 3.11. The van der Waals surface area contributed by atoms with Crippen LogP contribution in [0.4, 0.5) is 0 Å². The van der Waals surface area contributed by atoms with Crippen LogP contribution in [-0.4, -0.2) is 42.6 Å². The normalized spacial score (nSPS) is 15.7. The average molecular weight is 383 g/mol. The lowest BCUT2D eigenvalue weighted by Crippen LogP contribution is -2.41. The number of carbonyl (C=O) groups excluding carboxylic acids is 1. The van der Waals surface area contributed by atoms with Gasteiger partial charge in [-0.25, -0.2) is 0 Å². The van der Waals surface area contributed by atoms with Crippen molar-refractivity contribution in [2.45, 2.75) is 32.2 Å². The van der Waals surface area contributed by atoms with Crippen molar-refractivity contribution in [1.29, 1.82) is 0 Å². The fraction of sp³-hybridized carbons (Fsp3) is 0.364. The Balaban J connectivity index is 2.06. The second kappa shape index (κ2) is 8.33. The highest BCUT2D eigenvalue weighted by Crippen LogP contribution is 2.40. The van der Waals surface area contributed by atoms with Crippen LogP contribution in [-0.2, 0) is 17.6 Å². The lowest BCUT2D eigenvalue weighted by atomic mass is 9.89. The number of ether oxygens (including phenoxy) is 2. The molecule has 0 saturated heterocycles. The molecule has 1 atom stereocenters. The van der Waals surface area contributed by atoms with E-state index in [4.69, 9.17) is 9.47 Å². The Morgan fingerprint density at radius 1 is 1.14 bits per heavy atom. The predicted octanol–water partition coefficient (Wildman–Crippen LogP) is 3.48. The number of fused-ring (bicyclic) bond motifs is 1. The number of amides is 1. The number of hydrogen-bond donors (Lipinski definition) is 1. The minimum absolute atomic E-state index is 0.135. The molecule has 28 heavy (non-hydrogen) atoms. The molecule has 2 aromatic carbocycles. The molecule has 0 spiro atoms. The molecular weight excluding hydrogens is 358 g/mol. The largest absolute Gasteiger partial charge is 0.493 e. The van der Waals surface area contributed by atoms with Crippen LogP contribution in [0.15, 0.2) is 36.4 Å². The standard InChI is InChI=1S/C22H25NO5/c1-4-14-7-5-6-8-16(14)22(26)23-10-9-15-11-19(27-2)20(28-3)12-17(15)18(23)13-21(24)25/h5-8,11-12,18H,4,9-10,13H2,1-3H3,(H,24,25). The molecule has 0 fully saturated rings. The average Bonchev–Trinajstić information content (AvgIpc) is 2.72. The lowest BCUT2D eigenvalue weighted by molar-refractivity contribution is -0.138. The second-order valence-corrected chi connectivity index (χ2v) is 6.78. The van der Waals surface area contributed by atoms with Gasteiger partial charge in [0.25, 0.3) is 5.91 Å². The Morgan fingerprint density at radius 3 is 2.46 bits per heavy atom. The molecular formula is C22H25NO5. The van der Waals surface area contributed by atoms with Crippen LogP contribution in [0.2, 0.25) is 0 Å². The first-order valence-electron chi connectivity index (χ1n) is 9.35. The number of aryl methyl sites for hydroxylation is 1. The lowest BCUT2D eigenvalue weighted by Gasteiger charge is -2.37. The zero-order chi connectivity index (χ0) is 20.3. The second-order valence-electron chi connectivity index (χ2n) is 6.78. The van der Waals surface area contributed by atoms with Crippen LogP contribution in [0.5, 0.6) is 11.5 Å². The molecule has 0 saturated carbocycles. The van der Waals surface area contributed by atoms with Gasteiger partial charge in [-0.3, -0.25) is 9.59 Å². The molecule has 1 amide bonds. The number of benzene rings is 2. The third kappa shape index (κ3) is 3.67. The Kier molecular flexibility index (Phi) is 5.87. The highest BCUT2D eigenvalue weighted by atomic mass is 16.5. The predicted molar refractivity (Wildman–Crippen MR) is 105 cm³/mol. The van der Waals surface area contributed by atoms with Gasteiger partial charge in [0.15, 0.2) is 11.5 Å². The van der Waals surface area contributed by atoms with Crippen molar-refractivity contribution in [3.8, 4) is 11.5 Å². The number of hydrogen-bond acceptors (Lipinski definition) is 4. The van der Waals surface area contributed by atoms with Crippen molar-refractivity contribution in [1.82, 2.24) is 4.90 Å². The van der Waals surface area contributed by atoms with Crippen LogP contribution >= 0.6 is 0 Å². The Morgan fingerprint density at radius 2 is 1.82 bits per heavy atom. The van der Waals surface area contributed by atoms with E-state index in [1.165, 1.54) is 0 Å². The van der Waals surface area contributed by atoms with Gasteiger partial charge in [0.2, 0.25) is 0 Å². The maximum Gasteiger partial charge on any atom is 0.305 e. The molecule has 148 valence electrons. The van der Waals surface area contributed by atoms with Crippen molar-refractivity contribution in [3.63, 3.8) is 0 Å². The van der Waals surface area contributed by atoms with E-state index in [2.05, 4.69) is 0 Å². The monoisotopic (exact) mass is 383 g/mol. The van der Waals surface area contributed by atoms with E-state index in [1.807, 2.05) is 37.3 Å². The number of carboxylic acid groups (broad SMARTS) is 1. The summed E-state index contributed by atoms with van der Waals surface area (Å²) in [6, 6.07) is 10.6. The Labute approximate surface area is 164 Å². The van der Waals surface area contributed by atoms with E-state index in [9.17, 15) is 14.7 Å². The number of nitrogens with zero attached hydrogens (tertiary/aromatic N) is 1. The molecule has 2 aromatic rings. The molecule has 1 heterocycles. The van der Waals surface area contributed by atoms with E-state index < -0.39 is 12.0 Å². The zero-order valence-corrected chi connectivity index (χ0v) is 16.4. The number of methoxy groups -OCH3 is 2. The fourth-order valence-electron chi connectivity index (χ4n) is 3.85. The van der Waals surface area contributed by atoms with Crippen LogP contribution in [0.3, 0.4) is 0 Å². The van der Waals surface area contributed by atoms with Gasteiger partial charge in [0.1, 0.15) is 0 Å². The summed E-state index contributed by atoms with van der Waals surface area (Å²) in [5, 5.41) is 9.50. The quantitative estimate of drug-likeness (QED) is 0.826. The third-order valence-corrected chi connectivity index (χ3v) is 5.26. The summed E-state index contributed by atoms with van der Waals surface area (Å²) in [5.41, 5.74) is 3.37. The molecule has 1 aliphatic rings. The van der Waals surface area contributed by atoms with Crippen molar-refractivity contribution in [2.24, 2.45) is 0 Å². The number of aliphatic carboxylic acids is 1. The summed E-state index contributed by atoms with van der Waals surface area (Å²) in [4.78, 5) is 26.6. The number of carbonyl (C=O) groups is 2. The maximum atomic E-state index is 13.3. The zero-order valence-electron chi connectivity index (χ0n) is 16.4. The maximum absolute atomic E-state index is 13.3. The molecule has 3 rings (SSSR count). The van der Waals surface area contributed by atoms with Gasteiger partial charge in [-0.1, -0.05) is 25.1 Å². The SMILES string of the molecule is CCc1ccccc1C(=O)N1CCc2cc(OC)c(OC)cc2C1CC(=O)O. The Bertz CT molecular complexity index is 892. The summed E-state index contributed by atoms with van der Waals surface area (Å²) in [6.45, 7) is 2.46. The topological polar surface area (TPSA) is 76.1 Å². The number of rotatable bonds is 6. The first-order valence-corrected chi connectivity index (χ1v) is 9.35. The van der Waals surface area contributed by atoms with E-state index in [1.54, 1.807) is 25.2 Å². The molecule has 0 aromatic heterocycles. The van der Waals surface area contributed by atoms with Gasteiger partial charge in [-0.2, -0.15) is 0 Å². The summed E-state index contributed by atoms with van der Waals surface area (Å²) >= 11 is 0. The van der Waals surface area contributed by atoms with E-state index in [0.717, 1.165) is 23.1 Å². The van der Waals surface area contributed by atoms with Gasteiger partial charge in [0.05, 0.1) is 26.7 Å². The highest BCUT2D eigenvalue weighted by Gasteiger charge is 2.34. The van der Waals surface area contributed by atoms with Crippen molar-refractivity contribution < 1.29 is 24.2 Å². The first-order chi connectivity index (χ1) is 13.5. The molecule has 1 unspecified atom stereocenters. The highest BCUT2D eigenvalue weighted by molar-refractivity contribution is 5.96. The molecule has 6 heteroatoms. The number of carboxylic acids is 1. The first kappa shape index (κ1) is 19.7. The van der Waals surface area contributed by atoms with Gasteiger partial charge in [0, 0.05) is 12.1 Å². The Hall–Kier alpha value is -3.02. The van der Waals surface area contributed by atoms with E-state index in [-0.39, 0.29) is 12.3 Å². The molecule has 6 nitrogen and oxygen atoms in total.